The van der Waals surface area contributed by atoms with E-state index in [9.17, 15) is 5.11 Å². The summed E-state index contributed by atoms with van der Waals surface area (Å²) in [6, 6.07) is 19.7. The second-order valence-electron chi connectivity index (χ2n) is 8.49. The molecule has 1 aliphatic carbocycles. The lowest BCUT2D eigenvalue weighted by molar-refractivity contribution is 0.138. The molecule has 1 fully saturated rings. The highest BCUT2D eigenvalue weighted by atomic mass is 16.6. The topological polar surface area (TPSA) is 76.6 Å². The Labute approximate surface area is 191 Å². The molecule has 166 valence electrons. The van der Waals surface area contributed by atoms with Gasteiger partial charge in [-0.05, 0) is 41.0 Å². The Hall–Kier alpha value is -3.77. The van der Waals surface area contributed by atoms with Gasteiger partial charge in [-0.15, -0.1) is 0 Å². The van der Waals surface area contributed by atoms with E-state index in [1.54, 1.807) is 19.2 Å². The van der Waals surface area contributed by atoms with Gasteiger partial charge >= 0.3 is 0 Å². The molecule has 0 spiro atoms. The summed E-state index contributed by atoms with van der Waals surface area (Å²) in [6.45, 7) is 1.36. The number of benzene rings is 3. The Kier molecular flexibility index (Phi) is 4.80. The van der Waals surface area contributed by atoms with Crippen molar-refractivity contribution < 1.29 is 19.3 Å². The normalized spacial score (nSPS) is 16.5. The summed E-state index contributed by atoms with van der Waals surface area (Å²) in [5.41, 5.74) is 8.72. The molecule has 4 aromatic rings. The molecule has 0 bridgehead atoms. The standard InChI is InChI=1S/C27H24N2O4/c1-31-24-14-22-19(13-25(24)33-21-10-11-32-15-21)12-23-26(28-29-27(22)23)18-4-2-16(3-5-18)17-6-8-20(30)9-7-17/h2-9,13-14,21,30H,10-12,15H2,1H3,(H,28,29). The molecule has 0 radical (unpaired) electrons. The van der Waals surface area contributed by atoms with Crippen LogP contribution in [-0.2, 0) is 11.2 Å². The zero-order valence-electron chi connectivity index (χ0n) is 18.3. The van der Waals surface area contributed by atoms with E-state index in [4.69, 9.17) is 14.2 Å². The maximum atomic E-state index is 9.52. The number of fused-ring (bicyclic) bond motifs is 3. The van der Waals surface area contributed by atoms with E-state index >= 15 is 0 Å². The van der Waals surface area contributed by atoms with Gasteiger partial charge in [0, 0.05) is 29.5 Å². The zero-order valence-corrected chi connectivity index (χ0v) is 18.3. The number of phenolic OH excluding ortho intramolecular Hbond substituents is 1. The van der Waals surface area contributed by atoms with Crippen LogP contribution < -0.4 is 9.47 Å². The van der Waals surface area contributed by atoms with Gasteiger partial charge in [0.1, 0.15) is 11.9 Å². The number of ether oxygens (including phenoxy) is 3. The van der Waals surface area contributed by atoms with Gasteiger partial charge in [-0.1, -0.05) is 36.4 Å². The van der Waals surface area contributed by atoms with E-state index in [1.807, 2.05) is 18.2 Å². The third-order valence-electron chi connectivity index (χ3n) is 6.43. The van der Waals surface area contributed by atoms with Crippen LogP contribution in [0.3, 0.4) is 0 Å². The number of aromatic amines is 1. The SMILES string of the molecule is COc1cc2c(cc1OC1CCOC1)Cc1c(-c3ccc(-c4ccc(O)cc4)cc3)n[nH]c1-2. The lowest BCUT2D eigenvalue weighted by Crippen LogP contribution is -2.16. The van der Waals surface area contributed by atoms with Crippen molar-refractivity contribution in [3.8, 4) is 50.9 Å². The van der Waals surface area contributed by atoms with Gasteiger partial charge in [0.2, 0.25) is 0 Å². The van der Waals surface area contributed by atoms with Gasteiger partial charge in [-0.3, -0.25) is 5.10 Å². The largest absolute Gasteiger partial charge is 0.508 e. The molecule has 6 heteroatoms. The van der Waals surface area contributed by atoms with Crippen LogP contribution in [0.5, 0.6) is 17.2 Å². The molecule has 3 aromatic carbocycles. The van der Waals surface area contributed by atoms with Crippen LogP contribution in [0.1, 0.15) is 17.5 Å². The first-order valence-electron chi connectivity index (χ1n) is 11.1. The third-order valence-corrected chi connectivity index (χ3v) is 6.43. The number of rotatable bonds is 5. The first-order valence-corrected chi connectivity index (χ1v) is 11.1. The number of methoxy groups -OCH3 is 1. The molecular formula is C27H24N2O4. The van der Waals surface area contributed by atoms with Crippen LogP contribution in [0.4, 0.5) is 0 Å². The molecule has 2 heterocycles. The summed E-state index contributed by atoms with van der Waals surface area (Å²) in [5, 5.41) is 17.4. The van der Waals surface area contributed by atoms with E-state index in [0.29, 0.717) is 6.61 Å². The minimum atomic E-state index is 0.0699. The number of nitrogens with one attached hydrogen (secondary N) is 1. The summed E-state index contributed by atoms with van der Waals surface area (Å²) in [4.78, 5) is 0. The second kappa shape index (κ2) is 7.98. The van der Waals surface area contributed by atoms with Crippen LogP contribution in [0.2, 0.25) is 0 Å². The fourth-order valence-electron chi connectivity index (χ4n) is 4.68. The monoisotopic (exact) mass is 440 g/mol. The van der Waals surface area contributed by atoms with Crippen molar-refractivity contribution in [2.24, 2.45) is 0 Å². The molecule has 1 aromatic heterocycles. The number of H-pyrrole nitrogens is 1. The predicted molar refractivity (Wildman–Crippen MR) is 126 cm³/mol. The second-order valence-corrected chi connectivity index (χ2v) is 8.49. The lowest BCUT2D eigenvalue weighted by Gasteiger charge is -2.16. The van der Waals surface area contributed by atoms with Crippen LogP contribution >= 0.6 is 0 Å². The molecule has 6 nitrogen and oxygen atoms in total. The van der Waals surface area contributed by atoms with Gasteiger partial charge in [0.25, 0.3) is 0 Å². The quantitative estimate of drug-likeness (QED) is 0.393. The average molecular weight is 440 g/mol. The van der Waals surface area contributed by atoms with Gasteiger partial charge in [0.05, 0.1) is 31.7 Å². The minimum Gasteiger partial charge on any atom is -0.508 e. The predicted octanol–water partition coefficient (Wildman–Crippen LogP) is 5.20. The van der Waals surface area contributed by atoms with E-state index in [1.165, 1.54) is 11.1 Å². The van der Waals surface area contributed by atoms with Gasteiger partial charge in [0.15, 0.2) is 11.5 Å². The fraction of sp³-hybridized carbons (Fsp3) is 0.222. The van der Waals surface area contributed by atoms with Crippen molar-refractivity contribution in [1.29, 1.82) is 0 Å². The molecule has 0 amide bonds. The number of hydrogen-bond donors (Lipinski definition) is 2. The summed E-state index contributed by atoms with van der Waals surface area (Å²) in [5.74, 6) is 1.76. The highest BCUT2D eigenvalue weighted by Gasteiger charge is 2.28. The lowest BCUT2D eigenvalue weighted by atomic mass is 10.0. The molecule has 1 saturated heterocycles. The van der Waals surface area contributed by atoms with Gasteiger partial charge in [-0.2, -0.15) is 5.10 Å². The van der Waals surface area contributed by atoms with Crippen molar-refractivity contribution in [2.45, 2.75) is 18.9 Å². The van der Waals surface area contributed by atoms with E-state index in [-0.39, 0.29) is 11.9 Å². The molecular weight excluding hydrogens is 416 g/mol. The molecule has 2 N–H and O–H groups in total. The van der Waals surface area contributed by atoms with Crippen LogP contribution in [0.25, 0.3) is 33.6 Å². The Morgan fingerprint density at radius 1 is 0.970 bits per heavy atom. The molecule has 0 saturated carbocycles. The summed E-state index contributed by atoms with van der Waals surface area (Å²) in [7, 11) is 1.67. The molecule has 2 aliphatic rings. The Morgan fingerprint density at radius 2 is 1.70 bits per heavy atom. The summed E-state index contributed by atoms with van der Waals surface area (Å²) < 4.78 is 17.3. The number of hydrogen-bond acceptors (Lipinski definition) is 5. The number of aromatic nitrogens is 2. The van der Waals surface area contributed by atoms with Crippen LogP contribution in [0, 0.1) is 0 Å². The first-order chi connectivity index (χ1) is 16.2. The highest BCUT2D eigenvalue weighted by molar-refractivity contribution is 5.83. The maximum absolute atomic E-state index is 9.52. The molecule has 1 unspecified atom stereocenters. The average Bonchev–Trinajstić information content (AvgIpc) is 3.57. The van der Waals surface area contributed by atoms with Crippen molar-refractivity contribution in [1.82, 2.24) is 10.2 Å². The van der Waals surface area contributed by atoms with Crippen molar-refractivity contribution in [2.75, 3.05) is 20.3 Å². The molecule has 6 rings (SSSR count). The minimum absolute atomic E-state index is 0.0699. The van der Waals surface area contributed by atoms with Gasteiger partial charge in [-0.25, -0.2) is 0 Å². The van der Waals surface area contributed by atoms with E-state index in [0.717, 1.165) is 64.6 Å². The fourth-order valence-corrected chi connectivity index (χ4v) is 4.68. The molecule has 33 heavy (non-hydrogen) atoms. The number of aromatic hydroxyl groups is 1. The number of phenols is 1. The third kappa shape index (κ3) is 3.52. The van der Waals surface area contributed by atoms with Crippen LogP contribution in [-0.4, -0.2) is 41.7 Å². The maximum Gasteiger partial charge on any atom is 0.162 e. The molecule has 1 atom stereocenters. The summed E-state index contributed by atoms with van der Waals surface area (Å²) >= 11 is 0. The van der Waals surface area contributed by atoms with E-state index in [2.05, 4.69) is 40.5 Å². The molecule has 1 aliphatic heterocycles. The summed E-state index contributed by atoms with van der Waals surface area (Å²) in [6.07, 6.45) is 1.76. The Bertz CT molecular complexity index is 1300. The van der Waals surface area contributed by atoms with Gasteiger partial charge < -0.3 is 19.3 Å². The van der Waals surface area contributed by atoms with E-state index < -0.39 is 0 Å². The van der Waals surface area contributed by atoms with Crippen molar-refractivity contribution in [3.63, 3.8) is 0 Å². The Morgan fingerprint density at radius 3 is 2.39 bits per heavy atom. The first kappa shape index (κ1) is 19.9. The Balaban J connectivity index is 1.30. The van der Waals surface area contributed by atoms with Crippen LogP contribution in [0.15, 0.2) is 60.7 Å². The zero-order chi connectivity index (χ0) is 22.4. The van der Waals surface area contributed by atoms with Crippen molar-refractivity contribution >= 4 is 0 Å². The highest BCUT2D eigenvalue weighted by Crippen LogP contribution is 2.45. The smallest absolute Gasteiger partial charge is 0.162 e. The number of nitrogens with zero attached hydrogens (tertiary/aromatic N) is 1. The van der Waals surface area contributed by atoms with Crippen molar-refractivity contribution in [3.05, 3.63) is 71.8 Å².